The molecule has 6 aromatic carbocycles. The Morgan fingerprint density at radius 2 is 1.57 bits per heavy atom. The number of allylic oxidation sites excluding steroid dienone is 1. The van der Waals surface area contributed by atoms with Gasteiger partial charge in [-0.2, -0.15) is 13.2 Å². The molecule has 0 amide bonds. The fourth-order valence-electron chi connectivity index (χ4n) is 10.9. The smallest absolute Gasteiger partial charge is 0.482 e. The molecule has 10 rings (SSSR count). The molecule has 338 valence electrons. The Morgan fingerprint density at radius 3 is 2.22 bits per heavy atom. The summed E-state index contributed by atoms with van der Waals surface area (Å²) in [6.07, 6.45) is 3.26. The lowest BCUT2D eigenvalue weighted by molar-refractivity contribution is -0.0998. The molecule has 2 unspecified atom stereocenters. The molecule has 0 radical (unpaired) electrons. The molecule has 2 aliphatic carbocycles. The van der Waals surface area contributed by atoms with Crippen molar-refractivity contribution in [3.8, 4) is 39.5 Å². The van der Waals surface area contributed by atoms with Crippen molar-refractivity contribution in [3.63, 3.8) is 0 Å². The van der Waals surface area contributed by atoms with Gasteiger partial charge in [0.25, 0.3) is 0 Å². The van der Waals surface area contributed by atoms with Crippen LogP contribution in [0.2, 0.25) is 0 Å². The van der Waals surface area contributed by atoms with E-state index in [0.717, 1.165) is 44.6 Å². The van der Waals surface area contributed by atoms with E-state index in [1.54, 1.807) is 25.3 Å². The first kappa shape index (κ1) is 43.4. The fraction of sp³-hybridized carbons (Fsp3) is 0.245. The van der Waals surface area contributed by atoms with Gasteiger partial charge in [-0.25, -0.2) is 0 Å². The Hall–Kier alpha value is -7.54. The predicted octanol–water partition coefficient (Wildman–Crippen LogP) is 12.6. The van der Waals surface area contributed by atoms with E-state index in [1.807, 2.05) is 96.3 Å². The molecule has 1 saturated heterocycles. The van der Waals surface area contributed by atoms with E-state index in [1.165, 1.54) is 12.4 Å². The molecule has 1 saturated carbocycles. The van der Waals surface area contributed by atoms with Gasteiger partial charge < -0.3 is 34.7 Å². The van der Waals surface area contributed by atoms with Crippen molar-refractivity contribution in [1.82, 2.24) is 0 Å². The lowest BCUT2D eigenvalue weighted by Crippen LogP contribution is -2.42. The Bertz CT molecular complexity index is 3030. The van der Waals surface area contributed by atoms with Crippen LogP contribution in [0.1, 0.15) is 47.1 Å². The van der Waals surface area contributed by atoms with Crippen molar-refractivity contribution >= 4 is 40.7 Å². The van der Waals surface area contributed by atoms with Gasteiger partial charge in [-0.15, -0.1) is 0 Å². The van der Waals surface area contributed by atoms with E-state index in [-0.39, 0.29) is 12.4 Å². The Labute approximate surface area is 385 Å². The minimum atomic E-state index is -4.78. The van der Waals surface area contributed by atoms with Crippen molar-refractivity contribution < 1.29 is 32.1 Å². The summed E-state index contributed by atoms with van der Waals surface area (Å²) in [4.78, 5) is 4.98. The van der Waals surface area contributed by atoms with Gasteiger partial charge in [-0.1, -0.05) is 84.0 Å². The van der Waals surface area contributed by atoms with Gasteiger partial charge in [0.05, 0.1) is 20.3 Å². The quantitative estimate of drug-likeness (QED) is 0.0294. The molecule has 3 N–H and O–H groups in total. The third kappa shape index (κ3) is 7.42. The van der Waals surface area contributed by atoms with E-state index < -0.39 is 22.7 Å². The zero-order chi connectivity index (χ0) is 46.6. The molecule has 4 aliphatic rings. The van der Waals surface area contributed by atoms with Crippen molar-refractivity contribution in [2.45, 2.75) is 36.6 Å². The molecule has 0 bridgehead atoms. The highest BCUT2D eigenvalue weighted by molar-refractivity contribution is 6.12. The van der Waals surface area contributed by atoms with E-state index in [9.17, 15) is 13.2 Å². The first-order valence-corrected chi connectivity index (χ1v) is 22.0. The molecule has 2 aliphatic heterocycles. The third-order valence-corrected chi connectivity index (χ3v) is 13.7. The number of azide groups is 1. The third-order valence-electron chi connectivity index (χ3n) is 13.7. The standard InChI is InChI=1S/C53H46F3N7O4/c1-33-27-50(30-57,31-58)29-51(28-33)45-6-4-3-5-40(45)47-43-26-46(61-53(54,55)56)42(34-7-13-37(14-8-34)63-21-23-65-24-22-63)25-44(43)49-41(48(47)51)19-20-52(67-49,35-9-15-38(64-2)16-10-35)36-11-17-39(18-12-36)66-32-60-62-59/h3-20,25-26,30-31,57-58,61H,1,21-24,27-29,32H2,2H3. The zero-order valence-electron chi connectivity index (χ0n) is 36.6. The summed E-state index contributed by atoms with van der Waals surface area (Å²) < 4.78 is 68.9. The van der Waals surface area contributed by atoms with Gasteiger partial charge in [0.1, 0.15) is 17.2 Å². The second kappa shape index (κ2) is 16.7. The summed E-state index contributed by atoms with van der Waals surface area (Å²) in [5.74, 6) is 1.56. The Morgan fingerprint density at radius 1 is 0.881 bits per heavy atom. The van der Waals surface area contributed by atoms with Crippen LogP contribution in [0.25, 0.3) is 49.5 Å². The van der Waals surface area contributed by atoms with Crippen LogP contribution in [0.4, 0.5) is 24.5 Å². The van der Waals surface area contributed by atoms with Crippen LogP contribution < -0.4 is 24.4 Å². The zero-order valence-corrected chi connectivity index (χ0v) is 36.6. The number of hydrogen-bond acceptors (Lipinski definition) is 9. The molecule has 2 fully saturated rings. The second-order valence-electron chi connectivity index (χ2n) is 17.6. The Kier molecular flexibility index (Phi) is 10.8. The van der Waals surface area contributed by atoms with Gasteiger partial charge in [-0.05, 0) is 113 Å². The Balaban J connectivity index is 1.28. The van der Waals surface area contributed by atoms with Gasteiger partial charge >= 0.3 is 6.30 Å². The number of rotatable bonds is 11. The van der Waals surface area contributed by atoms with Gasteiger partial charge in [0.2, 0.25) is 0 Å². The molecule has 67 heavy (non-hydrogen) atoms. The van der Waals surface area contributed by atoms with Crippen molar-refractivity contribution in [2.75, 3.05) is 50.4 Å². The van der Waals surface area contributed by atoms with Crippen LogP contribution in [0, 0.1) is 16.2 Å². The summed E-state index contributed by atoms with van der Waals surface area (Å²) in [6, 6.07) is 33.8. The SMILES string of the molecule is C=C1CC(C=N)(C=N)CC2(C1)c1ccccc1-c1c2c2c(c3cc(-c4ccc(N5CCOCC5)cc4)c(NC(F)(F)F)cc13)OC(c1ccc(OC)cc1)(c1ccc(OCN=[N+]=[N-])cc1)C=C2. The summed E-state index contributed by atoms with van der Waals surface area (Å²) in [5, 5.41) is 23.9. The minimum absolute atomic E-state index is 0.120. The number of hydrogen-bond donors (Lipinski definition) is 3. The first-order valence-electron chi connectivity index (χ1n) is 22.0. The van der Waals surface area contributed by atoms with Crippen molar-refractivity contribution in [1.29, 1.82) is 10.8 Å². The van der Waals surface area contributed by atoms with E-state index in [2.05, 4.69) is 33.6 Å². The number of alkyl halides is 3. The maximum absolute atomic E-state index is 14.8. The largest absolute Gasteiger partial charge is 0.497 e. The molecule has 14 heteroatoms. The van der Waals surface area contributed by atoms with Crippen molar-refractivity contribution in [2.24, 2.45) is 10.5 Å². The van der Waals surface area contributed by atoms with Crippen LogP contribution in [0.3, 0.4) is 0 Å². The predicted molar refractivity (Wildman–Crippen MR) is 256 cm³/mol. The highest BCUT2D eigenvalue weighted by atomic mass is 19.4. The number of halogens is 3. The second-order valence-corrected chi connectivity index (χ2v) is 17.6. The molecule has 1 spiro atoms. The number of nitrogens with one attached hydrogen (secondary N) is 3. The van der Waals surface area contributed by atoms with E-state index >= 15 is 0 Å². The van der Waals surface area contributed by atoms with Crippen LogP contribution in [-0.2, 0) is 15.8 Å². The van der Waals surface area contributed by atoms with Gasteiger partial charge in [0, 0.05) is 80.3 Å². The number of morpholine rings is 1. The number of ether oxygens (including phenoxy) is 4. The first-order chi connectivity index (χ1) is 32.4. The van der Waals surface area contributed by atoms with Crippen LogP contribution in [0.5, 0.6) is 17.2 Å². The maximum atomic E-state index is 14.8. The van der Waals surface area contributed by atoms with Crippen LogP contribution in [0.15, 0.2) is 133 Å². The summed E-state index contributed by atoms with van der Waals surface area (Å²) in [6.45, 7) is 6.87. The molecule has 11 nitrogen and oxygen atoms in total. The molecule has 0 aromatic heterocycles. The number of benzene rings is 6. The average molecular weight is 902 g/mol. The van der Waals surface area contributed by atoms with E-state index in [4.69, 9.17) is 35.3 Å². The number of methoxy groups -OCH3 is 1. The summed E-state index contributed by atoms with van der Waals surface area (Å²) in [5.41, 5.74) is 14.0. The lowest BCUT2D eigenvalue weighted by Gasteiger charge is -2.46. The van der Waals surface area contributed by atoms with Crippen LogP contribution >= 0.6 is 0 Å². The van der Waals surface area contributed by atoms with Gasteiger partial charge in [-0.3, -0.25) is 5.32 Å². The van der Waals surface area contributed by atoms with Crippen molar-refractivity contribution in [3.05, 3.63) is 166 Å². The maximum Gasteiger partial charge on any atom is 0.482 e. The molecular formula is C53H46F3N7O4. The van der Waals surface area contributed by atoms with Gasteiger partial charge in [0.15, 0.2) is 12.3 Å². The lowest BCUT2D eigenvalue weighted by atomic mass is 9.57. The number of fused-ring (bicyclic) bond motifs is 10. The normalized spacial score (nSPS) is 21.7. The highest BCUT2D eigenvalue weighted by Crippen LogP contribution is 2.65. The minimum Gasteiger partial charge on any atom is -0.497 e. The number of anilines is 2. The monoisotopic (exact) mass is 901 g/mol. The molecule has 6 aromatic rings. The fourth-order valence-corrected chi connectivity index (χ4v) is 10.9. The topological polar surface area (TPSA) is 149 Å². The average Bonchev–Trinajstić information content (AvgIpc) is 3.62. The summed E-state index contributed by atoms with van der Waals surface area (Å²) in [7, 11) is 1.59. The molecule has 2 atom stereocenters. The number of nitrogens with zero attached hydrogens (tertiary/aromatic N) is 4. The summed E-state index contributed by atoms with van der Waals surface area (Å²) >= 11 is 0. The van der Waals surface area contributed by atoms with E-state index in [0.29, 0.717) is 90.3 Å². The molecule has 2 heterocycles. The molecular weight excluding hydrogens is 856 g/mol. The van der Waals surface area contributed by atoms with Crippen LogP contribution in [-0.4, -0.2) is 58.9 Å². The highest BCUT2D eigenvalue weighted by Gasteiger charge is 2.54.